The van der Waals surface area contributed by atoms with Crippen LogP contribution >= 0.6 is 0 Å². The van der Waals surface area contributed by atoms with Crippen LogP contribution in [0.2, 0.25) is 0 Å². The van der Waals surface area contributed by atoms with Gasteiger partial charge in [-0.1, -0.05) is 24.3 Å². The fourth-order valence-electron chi connectivity index (χ4n) is 4.16. The summed E-state index contributed by atoms with van der Waals surface area (Å²) in [6, 6.07) is 15.6. The van der Waals surface area contributed by atoms with Crippen LogP contribution in [-0.4, -0.2) is 49.6 Å². The summed E-state index contributed by atoms with van der Waals surface area (Å²) in [5.74, 6) is -0.0240. The smallest absolute Gasteiger partial charge is 0.262 e. The van der Waals surface area contributed by atoms with Crippen LogP contribution in [-0.2, 0) is 14.3 Å². The van der Waals surface area contributed by atoms with Gasteiger partial charge in [0.2, 0.25) is 0 Å². The van der Waals surface area contributed by atoms with E-state index in [0.29, 0.717) is 24.5 Å². The molecular formula is C24H24FN3O4. The van der Waals surface area contributed by atoms with Crippen LogP contribution in [0.4, 0.5) is 15.9 Å². The van der Waals surface area contributed by atoms with Crippen molar-refractivity contribution in [1.29, 1.82) is 0 Å². The van der Waals surface area contributed by atoms with Gasteiger partial charge in [-0.05, 0) is 30.3 Å². The number of para-hydroxylation sites is 2. The highest BCUT2D eigenvalue weighted by atomic mass is 19.1. The molecule has 166 valence electrons. The molecule has 2 aliphatic heterocycles. The third kappa shape index (κ3) is 4.24. The number of pyridine rings is 1. The molecule has 1 N–H and O–H groups in total. The molecule has 2 fully saturated rings. The van der Waals surface area contributed by atoms with Gasteiger partial charge in [0.25, 0.3) is 5.91 Å². The maximum Gasteiger partial charge on any atom is 0.262 e. The predicted molar refractivity (Wildman–Crippen MR) is 118 cm³/mol. The molecule has 0 bridgehead atoms. The van der Waals surface area contributed by atoms with Gasteiger partial charge in [-0.3, -0.25) is 4.79 Å². The van der Waals surface area contributed by atoms with Crippen molar-refractivity contribution in [3.63, 3.8) is 0 Å². The molecule has 0 radical (unpaired) electrons. The van der Waals surface area contributed by atoms with Crippen LogP contribution in [0.25, 0.3) is 10.9 Å². The number of nitrogens with zero attached hydrogens (tertiary/aromatic N) is 2. The number of anilines is 2. The Hall–Kier alpha value is -3.23. The number of halogens is 1. The molecule has 3 heterocycles. The summed E-state index contributed by atoms with van der Waals surface area (Å²) in [5, 5.41) is 3.44. The van der Waals surface area contributed by atoms with Gasteiger partial charge in [0.1, 0.15) is 22.9 Å². The molecule has 8 heteroatoms. The normalized spacial score (nSPS) is 17.6. The number of piperidine rings is 1. The van der Waals surface area contributed by atoms with E-state index in [9.17, 15) is 9.18 Å². The minimum absolute atomic E-state index is 0.123. The second-order valence-corrected chi connectivity index (χ2v) is 7.91. The van der Waals surface area contributed by atoms with Gasteiger partial charge >= 0.3 is 0 Å². The molecule has 0 saturated carbocycles. The topological polar surface area (TPSA) is 72.9 Å². The molecule has 1 amide bonds. The number of hydrogen-bond acceptors (Lipinski definition) is 6. The molecule has 0 atom stereocenters. The van der Waals surface area contributed by atoms with Gasteiger partial charge in [0.15, 0.2) is 12.4 Å². The summed E-state index contributed by atoms with van der Waals surface area (Å²) in [6.45, 7) is 2.62. The summed E-state index contributed by atoms with van der Waals surface area (Å²) in [6.07, 6.45) is 1.59. The number of fused-ring (bicyclic) bond motifs is 1. The average molecular weight is 437 g/mol. The SMILES string of the molecule is O=C(COc1cccc2ccc(N3CCC4(CC3)OCCO4)nc12)Nc1ccccc1F. The van der Waals surface area contributed by atoms with Gasteiger partial charge in [0, 0.05) is 31.3 Å². The number of aromatic nitrogens is 1. The summed E-state index contributed by atoms with van der Waals surface area (Å²) in [5.41, 5.74) is 0.801. The molecule has 32 heavy (non-hydrogen) atoms. The van der Waals surface area contributed by atoms with Gasteiger partial charge in [-0.25, -0.2) is 9.37 Å². The van der Waals surface area contributed by atoms with E-state index in [1.165, 1.54) is 12.1 Å². The third-order valence-electron chi connectivity index (χ3n) is 5.84. The maximum absolute atomic E-state index is 13.8. The number of carbonyl (C=O) groups excluding carboxylic acids is 1. The number of carbonyl (C=O) groups is 1. The Morgan fingerprint density at radius 1 is 1.06 bits per heavy atom. The fraction of sp³-hybridized carbons (Fsp3) is 0.333. The Morgan fingerprint density at radius 2 is 1.84 bits per heavy atom. The highest BCUT2D eigenvalue weighted by Gasteiger charge is 2.40. The maximum atomic E-state index is 13.8. The standard InChI is InChI=1S/C24H24FN3O4/c25-18-5-1-2-6-19(18)26-22(29)16-30-20-7-3-4-17-8-9-21(27-23(17)20)28-12-10-24(11-13-28)31-14-15-32-24/h1-9H,10-16H2,(H,26,29). The Bertz CT molecular complexity index is 1120. The summed E-state index contributed by atoms with van der Waals surface area (Å²) >= 11 is 0. The van der Waals surface area contributed by atoms with E-state index in [2.05, 4.69) is 10.2 Å². The first-order valence-electron chi connectivity index (χ1n) is 10.7. The number of benzene rings is 2. The number of hydrogen-bond donors (Lipinski definition) is 1. The highest BCUT2D eigenvalue weighted by molar-refractivity contribution is 5.92. The van der Waals surface area contributed by atoms with Crippen LogP contribution in [0, 0.1) is 5.82 Å². The van der Waals surface area contributed by atoms with Crippen molar-refractivity contribution in [1.82, 2.24) is 4.98 Å². The lowest BCUT2D eigenvalue weighted by atomic mass is 10.0. The lowest BCUT2D eigenvalue weighted by Gasteiger charge is -2.38. The van der Waals surface area contributed by atoms with Crippen molar-refractivity contribution in [2.75, 3.05) is 43.1 Å². The minimum atomic E-state index is -0.492. The predicted octanol–water partition coefficient (Wildman–Crippen LogP) is 3.73. The number of nitrogens with one attached hydrogen (secondary N) is 1. The van der Waals surface area contributed by atoms with E-state index in [4.69, 9.17) is 19.2 Å². The van der Waals surface area contributed by atoms with Gasteiger partial charge in [-0.15, -0.1) is 0 Å². The molecular weight excluding hydrogens is 413 g/mol. The third-order valence-corrected chi connectivity index (χ3v) is 5.84. The molecule has 2 aliphatic rings. The Balaban J connectivity index is 1.28. The second kappa shape index (κ2) is 8.72. The average Bonchev–Trinajstić information content (AvgIpc) is 3.27. The summed E-state index contributed by atoms with van der Waals surface area (Å²) < 4.78 is 31.1. The first kappa shape index (κ1) is 20.7. The second-order valence-electron chi connectivity index (χ2n) is 7.91. The summed E-state index contributed by atoms with van der Waals surface area (Å²) in [7, 11) is 0. The highest BCUT2D eigenvalue weighted by Crippen LogP contribution is 2.34. The van der Waals surface area contributed by atoms with Crippen LogP contribution < -0.4 is 15.0 Å². The molecule has 0 unspecified atom stereocenters. The van der Waals surface area contributed by atoms with E-state index >= 15 is 0 Å². The molecule has 1 aromatic heterocycles. The fourth-order valence-corrected chi connectivity index (χ4v) is 4.16. The van der Waals surface area contributed by atoms with Crippen molar-refractivity contribution in [3.8, 4) is 5.75 Å². The molecule has 7 nitrogen and oxygen atoms in total. The van der Waals surface area contributed by atoms with E-state index in [-0.39, 0.29) is 12.3 Å². The van der Waals surface area contributed by atoms with Crippen molar-refractivity contribution < 1.29 is 23.4 Å². The molecule has 2 saturated heterocycles. The molecule has 3 aromatic rings. The zero-order valence-electron chi connectivity index (χ0n) is 17.6. The number of ether oxygens (including phenoxy) is 3. The van der Waals surface area contributed by atoms with Crippen molar-refractivity contribution >= 4 is 28.3 Å². The first-order chi connectivity index (χ1) is 15.6. The first-order valence-corrected chi connectivity index (χ1v) is 10.7. The Labute approximate surface area is 185 Å². The van der Waals surface area contributed by atoms with Gasteiger partial charge in [-0.2, -0.15) is 0 Å². The van der Waals surface area contributed by atoms with E-state index < -0.39 is 17.5 Å². The molecule has 5 rings (SSSR count). The monoisotopic (exact) mass is 437 g/mol. The zero-order chi connectivity index (χ0) is 22.0. The van der Waals surface area contributed by atoms with Crippen molar-refractivity contribution in [2.24, 2.45) is 0 Å². The number of rotatable bonds is 5. The molecule has 1 spiro atoms. The Kier molecular flexibility index (Phi) is 5.63. The summed E-state index contributed by atoms with van der Waals surface area (Å²) in [4.78, 5) is 19.3. The van der Waals surface area contributed by atoms with Crippen LogP contribution in [0.15, 0.2) is 54.6 Å². The van der Waals surface area contributed by atoms with E-state index in [1.807, 2.05) is 24.3 Å². The quantitative estimate of drug-likeness (QED) is 0.656. The lowest BCUT2D eigenvalue weighted by Crippen LogP contribution is -2.45. The van der Waals surface area contributed by atoms with E-state index in [0.717, 1.165) is 37.1 Å². The van der Waals surface area contributed by atoms with Crippen LogP contribution in [0.1, 0.15) is 12.8 Å². The Morgan fingerprint density at radius 3 is 2.62 bits per heavy atom. The number of amides is 1. The van der Waals surface area contributed by atoms with Crippen LogP contribution in [0.5, 0.6) is 5.75 Å². The molecule has 0 aliphatic carbocycles. The van der Waals surface area contributed by atoms with E-state index in [1.54, 1.807) is 18.2 Å². The van der Waals surface area contributed by atoms with Crippen molar-refractivity contribution in [2.45, 2.75) is 18.6 Å². The van der Waals surface area contributed by atoms with Gasteiger partial charge < -0.3 is 24.4 Å². The minimum Gasteiger partial charge on any atom is -0.481 e. The zero-order valence-corrected chi connectivity index (χ0v) is 17.6. The van der Waals surface area contributed by atoms with Crippen molar-refractivity contribution in [3.05, 3.63) is 60.4 Å². The lowest BCUT2D eigenvalue weighted by molar-refractivity contribution is -0.169. The molecule has 2 aromatic carbocycles. The largest absolute Gasteiger partial charge is 0.481 e. The van der Waals surface area contributed by atoms with Crippen LogP contribution in [0.3, 0.4) is 0 Å². The van der Waals surface area contributed by atoms with Gasteiger partial charge in [0.05, 0.1) is 18.9 Å².